The van der Waals surface area contributed by atoms with Crippen molar-refractivity contribution in [2.75, 3.05) is 26.3 Å². The summed E-state index contributed by atoms with van der Waals surface area (Å²) in [6.07, 6.45) is -1.73. The number of hydrogen-bond donors (Lipinski definition) is 1. The molecule has 0 radical (unpaired) electrons. The van der Waals surface area contributed by atoms with Gasteiger partial charge in [-0.05, 0) is 37.4 Å². The first-order chi connectivity index (χ1) is 9.95. The van der Waals surface area contributed by atoms with Crippen molar-refractivity contribution < 1.29 is 17.9 Å². The molecule has 1 aliphatic heterocycles. The number of nitrogens with one attached hydrogen (secondary N) is 1. The summed E-state index contributed by atoms with van der Waals surface area (Å²) in [5.41, 5.74) is 0.0727. The second-order valence-corrected chi connectivity index (χ2v) is 5.85. The van der Waals surface area contributed by atoms with E-state index in [9.17, 15) is 13.2 Å². The fourth-order valence-electron chi connectivity index (χ4n) is 2.81. The molecule has 0 amide bonds. The molecule has 1 saturated heterocycles. The smallest absolute Gasteiger partial charge is 0.381 e. The van der Waals surface area contributed by atoms with Crippen LogP contribution in [-0.2, 0) is 17.3 Å². The van der Waals surface area contributed by atoms with Crippen LogP contribution in [-0.4, -0.2) is 26.3 Å². The number of halogens is 3. The van der Waals surface area contributed by atoms with Crippen LogP contribution in [0.3, 0.4) is 0 Å². The normalized spacial score (nSPS) is 22.7. The number of ether oxygens (including phenoxy) is 1. The molecule has 1 fully saturated rings. The van der Waals surface area contributed by atoms with E-state index in [1.165, 1.54) is 12.1 Å². The topological polar surface area (TPSA) is 21.3 Å². The molecule has 2 nitrogen and oxygen atoms in total. The summed E-state index contributed by atoms with van der Waals surface area (Å²) in [6, 6.07) is 5.65. The van der Waals surface area contributed by atoms with E-state index in [0.29, 0.717) is 19.6 Å². The Morgan fingerprint density at radius 3 is 2.76 bits per heavy atom. The highest BCUT2D eigenvalue weighted by atomic mass is 19.4. The summed E-state index contributed by atoms with van der Waals surface area (Å²) in [7, 11) is 0. The second-order valence-electron chi connectivity index (χ2n) is 5.85. The van der Waals surface area contributed by atoms with Gasteiger partial charge in [0.15, 0.2) is 0 Å². The molecular formula is C16H22F3NO. The van der Waals surface area contributed by atoms with Gasteiger partial charge in [-0.2, -0.15) is 13.2 Å². The van der Waals surface area contributed by atoms with Crippen molar-refractivity contribution in [1.82, 2.24) is 5.32 Å². The lowest BCUT2D eigenvalue weighted by Gasteiger charge is -2.28. The van der Waals surface area contributed by atoms with Crippen LogP contribution in [0.4, 0.5) is 13.2 Å². The highest BCUT2D eigenvalue weighted by molar-refractivity contribution is 5.26. The van der Waals surface area contributed by atoms with Crippen LogP contribution < -0.4 is 5.32 Å². The van der Waals surface area contributed by atoms with Crippen LogP contribution in [0.15, 0.2) is 24.3 Å². The molecule has 0 aromatic heterocycles. The second kappa shape index (κ2) is 6.79. The van der Waals surface area contributed by atoms with E-state index < -0.39 is 11.7 Å². The van der Waals surface area contributed by atoms with Crippen molar-refractivity contribution in [2.24, 2.45) is 5.41 Å². The quantitative estimate of drug-likeness (QED) is 0.810. The highest BCUT2D eigenvalue weighted by Crippen LogP contribution is 2.34. The van der Waals surface area contributed by atoms with Crippen LogP contribution in [0.25, 0.3) is 0 Å². The van der Waals surface area contributed by atoms with E-state index >= 15 is 0 Å². The van der Waals surface area contributed by atoms with E-state index in [1.54, 1.807) is 6.07 Å². The third-order valence-corrected chi connectivity index (χ3v) is 3.95. The molecule has 5 heteroatoms. The predicted octanol–water partition coefficient (Wildman–Crippen LogP) is 3.65. The monoisotopic (exact) mass is 301 g/mol. The van der Waals surface area contributed by atoms with E-state index in [4.69, 9.17) is 4.74 Å². The van der Waals surface area contributed by atoms with Gasteiger partial charge in [-0.1, -0.05) is 25.1 Å². The number of benzene rings is 1. The minimum atomic E-state index is -4.28. The third-order valence-electron chi connectivity index (χ3n) is 3.95. The van der Waals surface area contributed by atoms with Crippen molar-refractivity contribution >= 4 is 0 Å². The average Bonchev–Trinajstić information content (AvgIpc) is 2.87. The van der Waals surface area contributed by atoms with Gasteiger partial charge < -0.3 is 10.1 Å². The first kappa shape index (κ1) is 16.3. The van der Waals surface area contributed by atoms with Gasteiger partial charge in [-0.15, -0.1) is 0 Å². The van der Waals surface area contributed by atoms with Crippen LogP contribution >= 0.6 is 0 Å². The number of rotatable bonds is 6. The fraction of sp³-hybridized carbons (Fsp3) is 0.625. The van der Waals surface area contributed by atoms with E-state index in [0.717, 1.165) is 37.6 Å². The van der Waals surface area contributed by atoms with Gasteiger partial charge >= 0.3 is 6.18 Å². The summed E-state index contributed by atoms with van der Waals surface area (Å²) in [4.78, 5) is 0. The Labute approximate surface area is 123 Å². The highest BCUT2D eigenvalue weighted by Gasteiger charge is 2.36. The van der Waals surface area contributed by atoms with Gasteiger partial charge in [0.1, 0.15) is 0 Å². The molecule has 1 atom stereocenters. The lowest BCUT2D eigenvalue weighted by molar-refractivity contribution is -0.137. The van der Waals surface area contributed by atoms with Crippen LogP contribution in [0.5, 0.6) is 0 Å². The molecule has 1 N–H and O–H groups in total. The number of alkyl halides is 3. The summed E-state index contributed by atoms with van der Waals surface area (Å²) in [5.74, 6) is 0. The fourth-order valence-corrected chi connectivity index (χ4v) is 2.81. The van der Waals surface area contributed by atoms with Gasteiger partial charge in [0.2, 0.25) is 0 Å². The summed E-state index contributed by atoms with van der Waals surface area (Å²) in [6.45, 7) is 5.10. The molecule has 21 heavy (non-hydrogen) atoms. The Kier molecular flexibility index (Phi) is 5.27. The third kappa shape index (κ3) is 4.45. The zero-order chi connectivity index (χ0) is 15.3. The first-order valence-corrected chi connectivity index (χ1v) is 7.40. The maximum atomic E-state index is 12.8. The van der Waals surface area contributed by atoms with Gasteiger partial charge in [0.25, 0.3) is 0 Å². The van der Waals surface area contributed by atoms with E-state index in [1.807, 2.05) is 0 Å². The Hall–Kier alpha value is -1.07. The standard InChI is InChI=1S/C16H22F3NO/c1-2-7-20-11-15(6-8-21-12-15)10-13-4-3-5-14(9-13)16(17,18)19/h3-5,9,20H,2,6-8,10-12H2,1H3. The Bertz CT molecular complexity index is 453. The van der Waals surface area contributed by atoms with E-state index in [-0.39, 0.29) is 5.41 Å². The van der Waals surface area contributed by atoms with Crippen molar-refractivity contribution in [3.05, 3.63) is 35.4 Å². The van der Waals surface area contributed by atoms with Crippen LogP contribution in [0.1, 0.15) is 30.9 Å². The van der Waals surface area contributed by atoms with Gasteiger partial charge in [-0.25, -0.2) is 0 Å². The molecule has 0 bridgehead atoms. The summed E-state index contributed by atoms with van der Waals surface area (Å²) >= 11 is 0. The SMILES string of the molecule is CCCNCC1(Cc2cccc(C(F)(F)F)c2)CCOC1. The van der Waals surface area contributed by atoms with E-state index in [2.05, 4.69) is 12.2 Å². The maximum Gasteiger partial charge on any atom is 0.416 e. The molecule has 0 spiro atoms. The lowest BCUT2D eigenvalue weighted by atomic mass is 9.80. The zero-order valence-corrected chi connectivity index (χ0v) is 12.3. The Morgan fingerprint density at radius 2 is 2.14 bits per heavy atom. The maximum absolute atomic E-state index is 12.8. The Morgan fingerprint density at radius 1 is 1.33 bits per heavy atom. The van der Waals surface area contributed by atoms with Gasteiger partial charge in [-0.3, -0.25) is 0 Å². The molecule has 1 aromatic carbocycles. The van der Waals surface area contributed by atoms with Gasteiger partial charge in [0, 0.05) is 18.6 Å². The van der Waals surface area contributed by atoms with Crippen molar-refractivity contribution in [3.8, 4) is 0 Å². The lowest BCUT2D eigenvalue weighted by Crippen LogP contribution is -2.37. The zero-order valence-electron chi connectivity index (χ0n) is 12.3. The molecule has 1 aromatic rings. The molecular weight excluding hydrogens is 279 g/mol. The molecule has 0 saturated carbocycles. The molecule has 1 heterocycles. The largest absolute Gasteiger partial charge is 0.416 e. The average molecular weight is 301 g/mol. The first-order valence-electron chi connectivity index (χ1n) is 7.40. The molecule has 1 unspecified atom stereocenters. The Balaban J connectivity index is 2.10. The van der Waals surface area contributed by atoms with Crippen LogP contribution in [0, 0.1) is 5.41 Å². The van der Waals surface area contributed by atoms with Crippen LogP contribution in [0.2, 0.25) is 0 Å². The van der Waals surface area contributed by atoms with Crippen molar-refractivity contribution in [2.45, 2.75) is 32.4 Å². The minimum absolute atomic E-state index is 0.0839. The summed E-state index contributed by atoms with van der Waals surface area (Å²) < 4.78 is 43.9. The van der Waals surface area contributed by atoms with Crippen molar-refractivity contribution in [1.29, 1.82) is 0 Å². The summed E-state index contributed by atoms with van der Waals surface area (Å²) in [5, 5.41) is 3.38. The van der Waals surface area contributed by atoms with Crippen molar-refractivity contribution in [3.63, 3.8) is 0 Å². The molecule has 1 aliphatic rings. The molecule has 118 valence electrons. The predicted molar refractivity (Wildman–Crippen MR) is 76.2 cm³/mol. The number of hydrogen-bond acceptors (Lipinski definition) is 2. The molecule has 0 aliphatic carbocycles. The van der Waals surface area contributed by atoms with Gasteiger partial charge in [0.05, 0.1) is 12.2 Å². The molecule has 2 rings (SSSR count). The minimum Gasteiger partial charge on any atom is -0.381 e.